The number of ether oxygens (including phenoxy) is 3. The number of ketones is 1. The smallest absolute Gasteiger partial charge is 0.311 e. The second-order valence-corrected chi connectivity index (χ2v) is 24.1. The van der Waals surface area contributed by atoms with Gasteiger partial charge in [0, 0.05) is 67.2 Å². The van der Waals surface area contributed by atoms with Crippen LogP contribution in [0.2, 0.25) is 0 Å². The van der Waals surface area contributed by atoms with Crippen molar-refractivity contribution >= 4 is 17.7 Å². The van der Waals surface area contributed by atoms with Crippen LogP contribution in [0.3, 0.4) is 0 Å². The molecule has 406 valence electrons. The van der Waals surface area contributed by atoms with E-state index in [-0.39, 0.29) is 94.0 Å². The summed E-state index contributed by atoms with van der Waals surface area (Å²) in [6.07, 6.45) is -6.80. The molecule has 4 aliphatic carbocycles. The lowest BCUT2D eigenvalue weighted by atomic mass is 9.45. The topological polar surface area (TPSA) is 239 Å². The third-order valence-electron chi connectivity index (χ3n) is 18.8. The molecule has 22 atom stereocenters. The molecular weight excluding hydrogens is 925 g/mol. The zero-order valence-corrected chi connectivity index (χ0v) is 44.4. The second kappa shape index (κ2) is 20.9. The summed E-state index contributed by atoms with van der Waals surface area (Å²) in [5, 5.41) is 87.1. The normalized spacial score (nSPS) is 49.3. The molecular formula is C53H87F2N3O13. The van der Waals surface area contributed by atoms with Crippen molar-refractivity contribution in [3.63, 3.8) is 0 Å². The number of nitrogens with one attached hydrogen (secondary N) is 1. The van der Waals surface area contributed by atoms with Gasteiger partial charge in [-0.25, -0.2) is 8.78 Å². The number of alkyl halides is 1. The molecule has 2 heterocycles. The van der Waals surface area contributed by atoms with E-state index in [1.807, 2.05) is 37.7 Å². The number of allylic oxidation sites excluding steroid dienone is 4. The SMILES string of the molecule is CC[C@H]1OC(=O)[C@H](C)[C@@H](O)[C@H](C)C(O[C@@H]2O[C@H](C)CC(N(C)C)[C@H]2O)[C@](C)(O)C[C@@H](C)CN(CCCNC(=O)[C@@]2(O)[C@H](C)CC3C4CC(F)=C5CC(=O)C=C[C@]5(C)[C@@]4(F)[C@@H](O)C[C@@]32C)[C@H](C)[C@@H](O)[C@]1(C)O. The Labute approximate surface area is 419 Å². The molecule has 0 bridgehead atoms. The van der Waals surface area contributed by atoms with Crippen molar-refractivity contribution in [1.29, 1.82) is 0 Å². The van der Waals surface area contributed by atoms with Crippen LogP contribution in [-0.4, -0.2) is 181 Å². The summed E-state index contributed by atoms with van der Waals surface area (Å²) < 4.78 is 52.3. The molecule has 2 saturated carbocycles. The monoisotopic (exact) mass is 1010 g/mol. The number of nitrogens with zero attached hydrogens (tertiary/aromatic N) is 2. The molecule has 4 unspecified atom stereocenters. The number of esters is 1. The number of carbonyl (C=O) groups excluding carboxylic acids is 3. The number of aliphatic hydroxyl groups is 7. The third kappa shape index (κ3) is 9.97. The van der Waals surface area contributed by atoms with Gasteiger partial charge < -0.3 is 60.2 Å². The largest absolute Gasteiger partial charge is 0.459 e. The first-order valence-electron chi connectivity index (χ1n) is 26.1. The van der Waals surface area contributed by atoms with Gasteiger partial charge in [0.15, 0.2) is 23.3 Å². The molecule has 18 heteroatoms. The minimum atomic E-state index is -2.36. The average Bonchev–Trinajstić information content (AvgIpc) is 3.49. The minimum Gasteiger partial charge on any atom is -0.459 e. The average molecular weight is 1010 g/mol. The van der Waals surface area contributed by atoms with E-state index >= 15 is 8.78 Å². The number of fused-ring (bicyclic) bond motifs is 5. The molecule has 4 fully saturated rings. The number of carbonyl (C=O) groups is 3. The highest BCUT2D eigenvalue weighted by Gasteiger charge is 2.76. The zero-order valence-electron chi connectivity index (χ0n) is 44.4. The molecule has 0 spiro atoms. The molecule has 0 radical (unpaired) electrons. The van der Waals surface area contributed by atoms with Crippen molar-refractivity contribution in [3.05, 3.63) is 23.6 Å². The molecule has 16 nitrogen and oxygen atoms in total. The van der Waals surface area contributed by atoms with Gasteiger partial charge in [0.2, 0.25) is 0 Å². The predicted octanol–water partition coefficient (Wildman–Crippen LogP) is 3.50. The number of hydrogen-bond donors (Lipinski definition) is 8. The molecule has 8 N–H and O–H groups in total. The highest BCUT2D eigenvalue weighted by molar-refractivity contribution is 5.93. The fourth-order valence-electron chi connectivity index (χ4n) is 14.5. The van der Waals surface area contributed by atoms with Crippen LogP contribution in [0.15, 0.2) is 23.6 Å². The van der Waals surface area contributed by atoms with Crippen molar-refractivity contribution in [2.24, 2.45) is 46.3 Å². The van der Waals surface area contributed by atoms with E-state index in [1.165, 1.54) is 32.9 Å². The summed E-state index contributed by atoms with van der Waals surface area (Å²) in [5.41, 5.74) is -11.1. The number of rotatable bonds is 9. The Morgan fingerprint density at radius 1 is 0.958 bits per heavy atom. The summed E-state index contributed by atoms with van der Waals surface area (Å²) in [6, 6.07) is -1.14. The lowest BCUT2D eigenvalue weighted by Gasteiger charge is -2.62. The first-order valence-corrected chi connectivity index (χ1v) is 26.1. The molecule has 6 aliphatic rings. The van der Waals surface area contributed by atoms with E-state index in [4.69, 9.17) is 14.2 Å². The van der Waals surface area contributed by atoms with Gasteiger partial charge in [0.25, 0.3) is 5.91 Å². The number of cyclic esters (lactones) is 1. The van der Waals surface area contributed by atoms with E-state index in [2.05, 4.69) is 5.32 Å². The first kappa shape index (κ1) is 57.8. The van der Waals surface area contributed by atoms with Crippen LogP contribution in [0, 0.1) is 46.3 Å². The quantitative estimate of drug-likeness (QED) is 0.122. The van der Waals surface area contributed by atoms with Crippen LogP contribution < -0.4 is 5.32 Å². The summed E-state index contributed by atoms with van der Waals surface area (Å²) in [7, 11) is 3.68. The fourth-order valence-corrected chi connectivity index (χ4v) is 14.5. The Hall–Kier alpha value is -2.49. The van der Waals surface area contributed by atoms with E-state index in [0.717, 1.165) is 0 Å². The van der Waals surface area contributed by atoms with Crippen molar-refractivity contribution in [2.45, 2.75) is 211 Å². The van der Waals surface area contributed by atoms with E-state index in [9.17, 15) is 50.1 Å². The molecule has 0 aromatic rings. The van der Waals surface area contributed by atoms with Crippen LogP contribution in [0.4, 0.5) is 8.78 Å². The summed E-state index contributed by atoms with van der Waals surface area (Å²) in [4.78, 5) is 44.4. The highest BCUT2D eigenvalue weighted by Crippen LogP contribution is 2.71. The molecule has 0 aromatic heterocycles. The third-order valence-corrected chi connectivity index (χ3v) is 18.8. The Morgan fingerprint density at radius 2 is 1.61 bits per heavy atom. The number of likely N-dealkylation sites (N-methyl/N-ethyl adjacent to an activating group) is 1. The van der Waals surface area contributed by atoms with Gasteiger partial charge in [-0.3, -0.25) is 19.3 Å². The Kier molecular flexibility index (Phi) is 17.0. The number of amides is 1. The standard InChI is InChI=1S/C53H87F2N3O13/c1-14-40-51(11,67)43(63)32(7)58(26-27(2)24-50(10,66)44(30(5)41(61)31(6)45(64)70-40)71-46-42(62)38(57(12)13)21-29(4)69-46)19-15-18-56-47(65)53(68)28(3)20-34-35-23-37(54)36-22-33(59)16-17-48(36,8)52(35,55)39(60)25-49(34,53)9/h16-17,27-32,34-35,38-44,46,60-63,66-68H,14-15,18-26H2,1-13H3,(H,56,65)/t27-,28-,29-,30+,31-,32-,34?,35?,38?,39+,40-,41+,42-,43-,44?,46+,48+,49+,50-,51-,52+,53+/m1/s1. The summed E-state index contributed by atoms with van der Waals surface area (Å²) >= 11 is 0. The van der Waals surface area contributed by atoms with Crippen LogP contribution in [0.25, 0.3) is 0 Å². The van der Waals surface area contributed by atoms with Crippen molar-refractivity contribution < 1.29 is 73.1 Å². The van der Waals surface area contributed by atoms with Crippen LogP contribution >= 0.6 is 0 Å². The number of halogens is 2. The van der Waals surface area contributed by atoms with E-state index in [1.54, 1.807) is 41.5 Å². The van der Waals surface area contributed by atoms with Gasteiger partial charge in [0.05, 0.1) is 35.9 Å². The summed E-state index contributed by atoms with van der Waals surface area (Å²) in [5.74, 6) is -7.45. The lowest BCUT2D eigenvalue weighted by molar-refractivity contribution is -0.299. The van der Waals surface area contributed by atoms with Crippen molar-refractivity contribution in [2.75, 3.05) is 33.7 Å². The second-order valence-electron chi connectivity index (χ2n) is 24.1. The van der Waals surface area contributed by atoms with E-state index in [0.29, 0.717) is 6.42 Å². The molecule has 2 saturated heterocycles. The van der Waals surface area contributed by atoms with Gasteiger partial charge in [-0.15, -0.1) is 0 Å². The first-order chi connectivity index (χ1) is 32.8. The Balaban J connectivity index is 1.23. The van der Waals surface area contributed by atoms with Crippen molar-refractivity contribution in [1.82, 2.24) is 15.1 Å². The lowest BCUT2D eigenvalue weighted by Crippen LogP contribution is -2.70. The molecule has 6 rings (SSSR count). The van der Waals surface area contributed by atoms with Crippen LogP contribution in [-0.2, 0) is 28.6 Å². The Morgan fingerprint density at radius 3 is 2.23 bits per heavy atom. The Bertz CT molecular complexity index is 2020. The van der Waals surface area contributed by atoms with E-state index < -0.39 is 130 Å². The maximum Gasteiger partial charge on any atom is 0.311 e. The minimum absolute atomic E-state index is 0.0293. The van der Waals surface area contributed by atoms with Gasteiger partial charge >= 0.3 is 5.97 Å². The molecule has 2 aliphatic heterocycles. The van der Waals surface area contributed by atoms with Gasteiger partial charge in [0.1, 0.15) is 29.7 Å². The van der Waals surface area contributed by atoms with Gasteiger partial charge in [-0.1, -0.05) is 40.7 Å². The molecule has 1 amide bonds. The maximum atomic E-state index is 17.8. The fraction of sp³-hybridized carbons (Fsp3) is 0.868. The number of hydrogen-bond acceptors (Lipinski definition) is 15. The highest BCUT2D eigenvalue weighted by atomic mass is 19.1. The summed E-state index contributed by atoms with van der Waals surface area (Å²) in [6.45, 7) is 18.6. The maximum absolute atomic E-state index is 17.8. The molecule has 0 aromatic carbocycles. The van der Waals surface area contributed by atoms with Gasteiger partial charge in [-0.05, 0) is 124 Å². The van der Waals surface area contributed by atoms with Crippen LogP contribution in [0.5, 0.6) is 0 Å². The zero-order chi connectivity index (χ0) is 53.3. The van der Waals surface area contributed by atoms with Crippen molar-refractivity contribution in [3.8, 4) is 0 Å². The number of aliphatic hydroxyl groups excluding tert-OH is 4. The van der Waals surface area contributed by atoms with Crippen LogP contribution in [0.1, 0.15) is 128 Å². The predicted molar refractivity (Wildman–Crippen MR) is 259 cm³/mol. The molecule has 71 heavy (non-hydrogen) atoms. The van der Waals surface area contributed by atoms with Gasteiger partial charge in [-0.2, -0.15) is 0 Å².